The first kappa shape index (κ1) is 63.6. The number of unbranched alkanes of at least 4 members (excludes halogenated alkanes) is 9. The van der Waals surface area contributed by atoms with Crippen molar-refractivity contribution in [2.75, 3.05) is 18.5 Å². The van der Waals surface area contributed by atoms with Crippen LogP contribution in [-0.2, 0) is 13.7 Å². The molecule has 0 aliphatic rings. The van der Waals surface area contributed by atoms with E-state index < -0.39 is 22.1 Å². The topological polar surface area (TPSA) is 120 Å². The Balaban J connectivity index is -0.000000351. The SMILES string of the molecule is CCCCCC(C)P(=O)([O-])CC(CC)CCCC.CCCCCC(C)P(=O)([O-])CC(CC)CCCC.CCCCCC(C)P(=O)([O-])CC(CC)CCCC.[Nd+3]. The van der Waals surface area contributed by atoms with Gasteiger partial charge in [-0.05, 0) is 72.5 Å². The van der Waals surface area contributed by atoms with Crippen molar-refractivity contribution < 1.29 is 69.2 Å². The molecule has 0 rings (SSSR count). The van der Waals surface area contributed by atoms with Crippen LogP contribution in [0.2, 0.25) is 0 Å². The Morgan fingerprint density at radius 2 is 0.545 bits per heavy atom. The first-order valence-electron chi connectivity index (χ1n) is 23.3. The van der Waals surface area contributed by atoms with E-state index in [4.69, 9.17) is 0 Å². The average Bonchev–Trinajstić information content (AvgIpc) is 3.13. The molecule has 0 saturated heterocycles. The van der Waals surface area contributed by atoms with E-state index in [1.165, 1.54) is 0 Å². The Morgan fingerprint density at radius 3 is 0.709 bits per heavy atom. The second kappa shape index (κ2) is 40.0. The maximum atomic E-state index is 12.3. The van der Waals surface area contributed by atoms with Crippen molar-refractivity contribution in [1.82, 2.24) is 0 Å². The van der Waals surface area contributed by atoms with Gasteiger partial charge in [0.25, 0.3) is 0 Å². The molecule has 331 valence electrons. The largest absolute Gasteiger partial charge is 3.00 e. The second-order valence-electron chi connectivity index (χ2n) is 17.0. The number of hydrogen-bond acceptors (Lipinski definition) is 6. The molecule has 0 aromatic heterocycles. The van der Waals surface area contributed by atoms with Crippen molar-refractivity contribution in [2.24, 2.45) is 17.8 Å². The third-order valence-corrected chi connectivity index (χ3v) is 19.7. The minimum atomic E-state index is -3.19. The van der Waals surface area contributed by atoms with Crippen LogP contribution in [0.1, 0.15) is 237 Å². The second-order valence-corrected chi connectivity index (χ2v) is 25.1. The Kier molecular flexibility index (Phi) is 46.2. The van der Waals surface area contributed by atoms with E-state index in [0.29, 0.717) is 36.2 Å². The summed E-state index contributed by atoms with van der Waals surface area (Å²) in [6.07, 6.45) is 27.0. The fraction of sp³-hybridized carbons (Fsp3) is 1.00. The minimum Gasteiger partial charge on any atom is -0.799 e. The van der Waals surface area contributed by atoms with Crippen molar-refractivity contribution in [1.29, 1.82) is 0 Å². The molecule has 1 radical (unpaired) electrons. The molecule has 9 unspecified atom stereocenters. The third-order valence-electron chi connectivity index (χ3n) is 11.9. The molecular formula is C45H96NdO6P3. The summed E-state index contributed by atoms with van der Waals surface area (Å²) < 4.78 is 36.9. The van der Waals surface area contributed by atoms with E-state index in [1.54, 1.807) is 0 Å². The van der Waals surface area contributed by atoms with Crippen molar-refractivity contribution in [2.45, 2.75) is 254 Å². The summed E-state index contributed by atoms with van der Waals surface area (Å²) in [5.41, 5.74) is -0.376. The summed E-state index contributed by atoms with van der Waals surface area (Å²) in [5.74, 6) is 1.13. The van der Waals surface area contributed by atoms with Crippen molar-refractivity contribution in [3.05, 3.63) is 0 Å². The first-order valence-corrected chi connectivity index (χ1v) is 29.0. The van der Waals surface area contributed by atoms with Gasteiger partial charge in [-0.2, -0.15) is 0 Å². The van der Waals surface area contributed by atoms with E-state index in [-0.39, 0.29) is 57.8 Å². The van der Waals surface area contributed by atoms with Gasteiger partial charge in [0.2, 0.25) is 0 Å². The molecule has 55 heavy (non-hydrogen) atoms. The molecule has 0 heterocycles. The third kappa shape index (κ3) is 35.2. The van der Waals surface area contributed by atoms with E-state index in [9.17, 15) is 28.4 Å². The minimum absolute atomic E-state index is 0. The van der Waals surface area contributed by atoms with Gasteiger partial charge in [-0.3, -0.25) is 0 Å². The van der Waals surface area contributed by atoms with Crippen LogP contribution < -0.4 is 14.7 Å². The molecule has 0 spiro atoms. The van der Waals surface area contributed by atoms with Crippen LogP contribution in [0.3, 0.4) is 0 Å². The van der Waals surface area contributed by atoms with Gasteiger partial charge in [0.1, 0.15) is 0 Å². The Labute approximate surface area is 378 Å². The smallest absolute Gasteiger partial charge is 0.799 e. The van der Waals surface area contributed by atoms with Gasteiger partial charge in [0, 0.05) is 22.1 Å². The zero-order chi connectivity index (χ0) is 42.1. The average molecular weight is 970 g/mol. The molecule has 0 aliphatic carbocycles. The maximum Gasteiger partial charge on any atom is 3.00 e. The molecule has 0 aromatic rings. The van der Waals surface area contributed by atoms with E-state index in [0.717, 1.165) is 154 Å². The monoisotopic (exact) mass is 968 g/mol. The first-order chi connectivity index (χ1) is 25.4. The number of hydrogen-bond donors (Lipinski definition) is 0. The summed E-state index contributed by atoms with van der Waals surface area (Å²) >= 11 is 0. The van der Waals surface area contributed by atoms with Crippen LogP contribution >= 0.6 is 22.1 Å². The molecule has 10 heteroatoms. The normalized spacial score (nSPS) is 17.9. The van der Waals surface area contributed by atoms with Crippen LogP contribution in [0.25, 0.3) is 0 Å². The zero-order valence-electron chi connectivity index (χ0n) is 38.8. The standard InChI is InChI=1S/3C15H33O2P.Nd/c3*1-5-8-10-11-14(4)18(16,17)13-15(7-3)12-9-6-2;/h3*14-15H,5-13H2,1-4H3,(H,16,17);/q;;;+3/p-3. The van der Waals surface area contributed by atoms with E-state index in [1.807, 2.05) is 20.8 Å². The van der Waals surface area contributed by atoms with Crippen molar-refractivity contribution >= 4 is 22.1 Å². The zero-order valence-corrected chi connectivity index (χ0v) is 44.7. The molecule has 0 amide bonds. The summed E-state index contributed by atoms with van der Waals surface area (Å²) in [7, 11) is -9.56. The maximum absolute atomic E-state index is 12.3. The van der Waals surface area contributed by atoms with Crippen LogP contribution in [0.5, 0.6) is 0 Å². The van der Waals surface area contributed by atoms with Crippen LogP contribution in [0.15, 0.2) is 0 Å². The Morgan fingerprint density at radius 1 is 0.345 bits per heavy atom. The van der Waals surface area contributed by atoms with Gasteiger partial charge in [0.15, 0.2) is 0 Å². The van der Waals surface area contributed by atoms with Crippen LogP contribution in [0.4, 0.5) is 0 Å². The Hall–Kier alpha value is 1.92. The quantitative estimate of drug-likeness (QED) is 0.0477. The predicted molar refractivity (Wildman–Crippen MR) is 238 cm³/mol. The van der Waals surface area contributed by atoms with Crippen LogP contribution in [-0.4, -0.2) is 35.5 Å². The summed E-state index contributed by atoms with van der Waals surface area (Å²) in [5, 5.41) is 0. The van der Waals surface area contributed by atoms with Gasteiger partial charge in [-0.25, -0.2) is 0 Å². The van der Waals surface area contributed by atoms with Crippen LogP contribution in [0, 0.1) is 58.6 Å². The van der Waals surface area contributed by atoms with Crippen molar-refractivity contribution in [3.8, 4) is 0 Å². The van der Waals surface area contributed by atoms with Gasteiger partial charge < -0.3 is 28.4 Å². The molecule has 0 saturated carbocycles. The Bertz CT molecular complexity index is 848. The molecule has 0 aromatic carbocycles. The summed E-state index contributed by atoms with van der Waals surface area (Å²) in [4.78, 5) is 36.9. The van der Waals surface area contributed by atoms with Gasteiger partial charge in [-0.1, -0.05) is 218 Å². The molecule has 0 bridgehead atoms. The molecule has 6 nitrogen and oxygen atoms in total. The fourth-order valence-corrected chi connectivity index (χ4v) is 13.3. The molecule has 0 fully saturated rings. The van der Waals surface area contributed by atoms with Gasteiger partial charge in [-0.15, -0.1) is 0 Å². The fourth-order valence-electron chi connectivity index (χ4n) is 7.03. The predicted octanol–water partition coefficient (Wildman–Crippen LogP) is 14.4. The van der Waals surface area contributed by atoms with E-state index >= 15 is 0 Å². The van der Waals surface area contributed by atoms with E-state index in [2.05, 4.69) is 62.3 Å². The van der Waals surface area contributed by atoms with Crippen molar-refractivity contribution in [3.63, 3.8) is 0 Å². The molecule has 0 N–H and O–H groups in total. The molecule has 0 aliphatic heterocycles. The van der Waals surface area contributed by atoms with Gasteiger partial charge in [0.05, 0.1) is 0 Å². The number of rotatable bonds is 33. The molecular weight excluding hydrogens is 874 g/mol. The molecule has 9 atom stereocenters. The van der Waals surface area contributed by atoms with Gasteiger partial charge >= 0.3 is 40.8 Å². The summed E-state index contributed by atoms with van der Waals surface area (Å²) in [6.45, 7) is 25.0. The summed E-state index contributed by atoms with van der Waals surface area (Å²) in [6, 6.07) is 0.